The third-order valence-corrected chi connectivity index (χ3v) is 4.85. The molecule has 0 fully saturated rings. The largest absolute Gasteiger partial charge is 0.307 e. The van der Waals surface area contributed by atoms with Crippen LogP contribution in [0.25, 0.3) is 0 Å². The summed E-state index contributed by atoms with van der Waals surface area (Å²) in [5, 5.41) is 5.97. The smallest absolute Gasteiger partial charge is 0.0328 e. The minimum absolute atomic E-state index is 0.537. The van der Waals surface area contributed by atoms with E-state index < -0.39 is 0 Å². The molecular formula is C17H21NS. The molecule has 0 radical (unpaired) electrons. The van der Waals surface area contributed by atoms with Gasteiger partial charge in [-0.2, -0.15) is 0 Å². The topological polar surface area (TPSA) is 12.0 Å². The van der Waals surface area contributed by atoms with Gasteiger partial charge in [0.15, 0.2) is 0 Å². The highest BCUT2D eigenvalue weighted by molar-refractivity contribution is 7.09. The van der Waals surface area contributed by atoms with E-state index in [2.05, 4.69) is 54.9 Å². The molecule has 0 saturated carbocycles. The Morgan fingerprint density at radius 3 is 3.05 bits per heavy atom. The molecule has 2 heteroatoms. The van der Waals surface area contributed by atoms with Crippen LogP contribution in [0.5, 0.6) is 0 Å². The summed E-state index contributed by atoms with van der Waals surface area (Å²) in [4.78, 5) is 1.47. The van der Waals surface area contributed by atoms with Gasteiger partial charge in [0.25, 0.3) is 0 Å². The van der Waals surface area contributed by atoms with E-state index >= 15 is 0 Å². The average molecular weight is 271 g/mol. The Bertz CT molecular complexity index is 544. The van der Waals surface area contributed by atoms with Crippen LogP contribution in [0.15, 0.2) is 35.7 Å². The van der Waals surface area contributed by atoms with Crippen molar-refractivity contribution in [2.24, 2.45) is 0 Å². The van der Waals surface area contributed by atoms with Crippen LogP contribution >= 0.6 is 11.3 Å². The lowest BCUT2D eigenvalue weighted by Gasteiger charge is -2.20. The van der Waals surface area contributed by atoms with Gasteiger partial charge in [0.2, 0.25) is 0 Å². The SMILES string of the molecule is Cc1ccc2c(c1)C(NC(C)Cc1cccs1)CC2. The summed E-state index contributed by atoms with van der Waals surface area (Å²) in [6.45, 7) is 4.48. The van der Waals surface area contributed by atoms with E-state index in [-0.39, 0.29) is 0 Å². The summed E-state index contributed by atoms with van der Waals surface area (Å²) in [7, 11) is 0. The van der Waals surface area contributed by atoms with Gasteiger partial charge < -0.3 is 5.32 Å². The zero-order valence-corrected chi connectivity index (χ0v) is 12.5. The molecule has 1 heterocycles. The van der Waals surface area contributed by atoms with E-state index in [0.717, 1.165) is 6.42 Å². The second-order valence-corrected chi connectivity index (χ2v) is 6.68. The Hall–Kier alpha value is -1.12. The molecule has 0 bridgehead atoms. The van der Waals surface area contributed by atoms with Crippen molar-refractivity contribution in [1.29, 1.82) is 0 Å². The van der Waals surface area contributed by atoms with E-state index in [0.29, 0.717) is 12.1 Å². The number of aryl methyl sites for hydroxylation is 2. The predicted octanol–water partition coefficient (Wildman–Crippen LogP) is 4.26. The Morgan fingerprint density at radius 2 is 2.26 bits per heavy atom. The number of fused-ring (bicyclic) bond motifs is 1. The molecule has 1 N–H and O–H groups in total. The van der Waals surface area contributed by atoms with Crippen LogP contribution < -0.4 is 5.32 Å². The first-order valence-electron chi connectivity index (χ1n) is 7.10. The second-order valence-electron chi connectivity index (χ2n) is 5.64. The fraction of sp³-hybridized carbons (Fsp3) is 0.412. The lowest BCUT2D eigenvalue weighted by molar-refractivity contribution is 0.453. The Balaban J connectivity index is 1.67. The van der Waals surface area contributed by atoms with Crippen LogP contribution in [0.1, 0.15) is 41.0 Å². The van der Waals surface area contributed by atoms with Gasteiger partial charge in [-0.15, -0.1) is 11.3 Å². The normalized spacial score (nSPS) is 19.4. The molecular weight excluding hydrogens is 250 g/mol. The summed E-state index contributed by atoms with van der Waals surface area (Å²) >= 11 is 1.86. The van der Waals surface area contributed by atoms with Gasteiger partial charge >= 0.3 is 0 Å². The van der Waals surface area contributed by atoms with Crippen LogP contribution in [-0.4, -0.2) is 6.04 Å². The maximum absolute atomic E-state index is 3.81. The summed E-state index contributed by atoms with van der Waals surface area (Å²) < 4.78 is 0. The highest BCUT2D eigenvalue weighted by Crippen LogP contribution is 2.32. The van der Waals surface area contributed by atoms with Crippen molar-refractivity contribution in [3.8, 4) is 0 Å². The summed E-state index contributed by atoms with van der Waals surface area (Å²) in [5.74, 6) is 0. The van der Waals surface area contributed by atoms with Crippen LogP contribution in [-0.2, 0) is 12.8 Å². The van der Waals surface area contributed by atoms with Gasteiger partial charge in [0.1, 0.15) is 0 Å². The number of benzene rings is 1. The van der Waals surface area contributed by atoms with Gasteiger partial charge in [-0.1, -0.05) is 29.8 Å². The van der Waals surface area contributed by atoms with Crippen molar-refractivity contribution >= 4 is 11.3 Å². The zero-order valence-electron chi connectivity index (χ0n) is 11.6. The van der Waals surface area contributed by atoms with Gasteiger partial charge in [0.05, 0.1) is 0 Å². The maximum Gasteiger partial charge on any atom is 0.0328 e. The van der Waals surface area contributed by atoms with E-state index in [9.17, 15) is 0 Å². The molecule has 1 aromatic carbocycles. The highest BCUT2D eigenvalue weighted by atomic mass is 32.1. The molecule has 0 spiro atoms. The van der Waals surface area contributed by atoms with Crippen molar-refractivity contribution in [1.82, 2.24) is 5.32 Å². The van der Waals surface area contributed by atoms with Gasteiger partial charge in [0, 0.05) is 17.0 Å². The van der Waals surface area contributed by atoms with Crippen LogP contribution in [0.3, 0.4) is 0 Å². The minimum Gasteiger partial charge on any atom is -0.307 e. The second kappa shape index (κ2) is 5.48. The lowest BCUT2D eigenvalue weighted by Crippen LogP contribution is -2.30. The molecule has 1 nitrogen and oxygen atoms in total. The number of rotatable bonds is 4. The van der Waals surface area contributed by atoms with Gasteiger partial charge in [-0.05, 0) is 55.7 Å². The molecule has 2 aromatic rings. The van der Waals surface area contributed by atoms with Gasteiger partial charge in [-0.3, -0.25) is 0 Å². The number of nitrogens with one attached hydrogen (secondary N) is 1. The van der Waals surface area contributed by atoms with Crippen molar-refractivity contribution < 1.29 is 0 Å². The molecule has 2 atom stereocenters. The highest BCUT2D eigenvalue weighted by Gasteiger charge is 2.23. The van der Waals surface area contributed by atoms with E-state index in [1.165, 1.54) is 34.4 Å². The fourth-order valence-corrected chi connectivity index (χ4v) is 3.86. The van der Waals surface area contributed by atoms with Crippen molar-refractivity contribution in [3.05, 3.63) is 57.3 Å². The molecule has 0 aliphatic heterocycles. The van der Waals surface area contributed by atoms with E-state index in [1.807, 2.05) is 11.3 Å². The number of hydrogen-bond donors (Lipinski definition) is 1. The molecule has 0 amide bonds. The van der Waals surface area contributed by atoms with Crippen molar-refractivity contribution in [3.63, 3.8) is 0 Å². The van der Waals surface area contributed by atoms with Crippen LogP contribution in [0, 0.1) is 6.92 Å². The molecule has 19 heavy (non-hydrogen) atoms. The molecule has 0 saturated heterocycles. The lowest BCUT2D eigenvalue weighted by atomic mass is 10.0. The Morgan fingerprint density at radius 1 is 1.37 bits per heavy atom. The molecule has 3 rings (SSSR count). The number of thiophene rings is 1. The van der Waals surface area contributed by atoms with Crippen LogP contribution in [0.4, 0.5) is 0 Å². The first-order valence-corrected chi connectivity index (χ1v) is 7.98. The number of hydrogen-bond acceptors (Lipinski definition) is 2. The summed E-state index contributed by atoms with van der Waals surface area (Å²) in [6, 6.07) is 12.3. The van der Waals surface area contributed by atoms with Gasteiger partial charge in [-0.25, -0.2) is 0 Å². The molecule has 2 unspecified atom stereocenters. The predicted molar refractivity (Wildman–Crippen MR) is 82.9 cm³/mol. The maximum atomic E-state index is 3.81. The quantitative estimate of drug-likeness (QED) is 0.876. The van der Waals surface area contributed by atoms with E-state index in [4.69, 9.17) is 0 Å². The average Bonchev–Trinajstić information content (AvgIpc) is 3.00. The third kappa shape index (κ3) is 2.90. The minimum atomic E-state index is 0.537. The Labute approximate surface area is 119 Å². The third-order valence-electron chi connectivity index (χ3n) is 3.95. The first kappa shape index (κ1) is 12.9. The summed E-state index contributed by atoms with van der Waals surface area (Å²) in [6.07, 6.45) is 3.60. The van der Waals surface area contributed by atoms with Crippen LogP contribution in [0.2, 0.25) is 0 Å². The standard InChI is InChI=1S/C17H21NS/c1-12-5-6-14-7-8-17(16(14)10-12)18-13(2)11-15-4-3-9-19-15/h3-6,9-10,13,17-18H,7-8,11H2,1-2H3. The van der Waals surface area contributed by atoms with Crippen molar-refractivity contribution in [2.45, 2.75) is 45.2 Å². The molecule has 1 aliphatic rings. The monoisotopic (exact) mass is 271 g/mol. The van der Waals surface area contributed by atoms with Crippen molar-refractivity contribution in [2.75, 3.05) is 0 Å². The molecule has 1 aliphatic carbocycles. The molecule has 1 aromatic heterocycles. The fourth-order valence-electron chi connectivity index (χ4n) is 3.03. The Kier molecular flexibility index (Phi) is 3.72. The zero-order chi connectivity index (χ0) is 13.2. The molecule has 100 valence electrons. The summed E-state index contributed by atoms with van der Waals surface area (Å²) in [5.41, 5.74) is 4.43. The van der Waals surface area contributed by atoms with E-state index in [1.54, 1.807) is 0 Å². The first-order chi connectivity index (χ1) is 9.22.